The van der Waals surface area contributed by atoms with Crippen molar-refractivity contribution >= 4 is 11.3 Å². The number of ether oxygens (including phenoxy) is 1. The van der Waals surface area contributed by atoms with Gasteiger partial charge in [0.1, 0.15) is 5.69 Å². The molecule has 1 saturated heterocycles. The zero-order valence-corrected chi connectivity index (χ0v) is 15.5. The fourth-order valence-electron chi connectivity index (χ4n) is 3.63. The highest BCUT2D eigenvalue weighted by atomic mass is 19.3. The summed E-state index contributed by atoms with van der Waals surface area (Å²) in [6, 6.07) is 5.26. The van der Waals surface area contributed by atoms with Crippen molar-refractivity contribution in [2.24, 2.45) is 0 Å². The second-order valence-electron chi connectivity index (χ2n) is 6.82. The first kappa shape index (κ1) is 17.7. The van der Waals surface area contributed by atoms with Crippen LogP contribution in [0.5, 0.6) is 0 Å². The van der Waals surface area contributed by atoms with Crippen molar-refractivity contribution in [1.82, 2.24) is 34.6 Å². The molecule has 5 rings (SSSR count). The third kappa shape index (κ3) is 2.94. The van der Waals surface area contributed by atoms with Crippen molar-refractivity contribution in [3.8, 4) is 22.8 Å². The molecular formula is C18H18F2N8O. The number of fused-ring (bicyclic) bond motifs is 1. The van der Waals surface area contributed by atoms with Crippen LogP contribution >= 0.6 is 0 Å². The molecule has 1 fully saturated rings. The van der Waals surface area contributed by atoms with E-state index in [1.807, 2.05) is 13.0 Å². The minimum absolute atomic E-state index is 0.0979. The molecule has 0 radical (unpaired) electrons. The van der Waals surface area contributed by atoms with Crippen LogP contribution in [0.4, 0.5) is 14.6 Å². The van der Waals surface area contributed by atoms with Gasteiger partial charge in [0.05, 0.1) is 36.7 Å². The summed E-state index contributed by atoms with van der Waals surface area (Å²) in [5.74, 6) is 1.20. The van der Waals surface area contributed by atoms with E-state index in [4.69, 9.17) is 9.84 Å². The highest BCUT2D eigenvalue weighted by Crippen LogP contribution is 2.32. The highest BCUT2D eigenvalue weighted by molar-refractivity contribution is 5.81. The molecule has 1 unspecified atom stereocenters. The fourth-order valence-corrected chi connectivity index (χ4v) is 3.63. The van der Waals surface area contributed by atoms with E-state index in [-0.39, 0.29) is 6.04 Å². The number of hydrogen-bond donors (Lipinski definition) is 1. The lowest BCUT2D eigenvalue weighted by atomic mass is 10.1. The molecular weight excluding hydrogens is 382 g/mol. The minimum atomic E-state index is -2.76. The fraction of sp³-hybridized carbons (Fsp3) is 0.333. The van der Waals surface area contributed by atoms with Gasteiger partial charge in [-0.15, -0.1) is 5.10 Å². The first-order valence-electron chi connectivity index (χ1n) is 9.18. The standard InChI is InChI=1S/C18H18F2N8O/c1-11-10-29-7-6-26(11)16-8-12(14-3-5-23-28(14)18(19)20)15-9-21-17(27(15)25-16)13-2-4-22-24-13/h2-5,8-9,11,18H,6-7,10H2,1H3,(H,22,24). The third-order valence-corrected chi connectivity index (χ3v) is 5.02. The first-order valence-corrected chi connectivity index (χ1v) is 9.18. The molecule has 0 saturated carbocycles. The Morgan fingerprint density at radius 3 is 2.93 bits per heavy atom. The van der Waals surface area contributed by atoms with E-state index in [1.165, 1.54) is 6.20 Å². The molecule has 1 atom stereocenters. The van der Waals surface area contributed by atoms with Gasteiger partial charge in [-0.25, -0.2) is 14.2 Å². The second kappa shape index (κ2) is 6.92. The van der Waals surface area contributed by atoms with E-state index in [9.17, 15) is 8.78 Å². The highest BCUT2D eigenvalue weighted by Gasteiger charge is 2.25. The Bertz CT molecular complexity index is 1140. The molecule has 150 valence electrons. The molecule has 11 heteroatoms. The molecule has 1 N–H and O–H groups in total. The number of rotatable bonds is 4. The van der Waals surface area contributed by atoms with E-state index in [0.29, 0.717) is 58.6 Å². The third-order valence-electron chi connectivity index (χ3n) is 5.02. The van der Waals surface area contributed by atoms with E-state index < -0.39 is 6.55 Å². The number of nitrogens with one attached hydrogen (secondary N) is 1. The Morgan fingerprint density at radius 1 is 1.28 bits per heavy atom. The number of nitrogens with zero attached hydrogens (tertiary/aromatic N) is 7. The van der Waals surface area contributed by atoms with Gasteiger partial charge < -0.3 is 9.64 Å². The lowest BCUT2D eigenvalue weighted by Crippen LogP contribution is -2.44. The predicted octanol–water partition coefficient (Wildman–Crippen LogP) is 2.60. The molecule has 9 nitrogen and oxygen atoms in total. The number of alkyl halides is 2. The maximum Gasteiger partial charge on any atom is 0.333 e. The zero-order chi connectivity index (χ0) is 20.0. The van der Waals surface area contributed by atoms with Crippen molar-refractivity contribution < 1.29 is 13.5 Å². The van der Waals surface area contributed by atoms with Gasteiger partial charge in [-0.2, -0.15) is 19.0 Å². The van der Waals surface area contributed by atoms with Crippen LogP contribution in [0.2, 0.25) is 0 Å². The maximum absolute atomic E-state index is 13.5. The summed E-state index contributed by atoms with van der Waals surface area (Å²) in [7, 11) is 0. The van der Waals surface area contributed by atoms with Gasteiger partial charge in [0.25, 0.3) is 0 Å². The van der Waals surface area contributed by atoms with Gasteiger partial charge >= 0.3 is 6.55 Å². The van der Waals surface area contributed by atoms with Crippen LogP contribution in [-0.2, 0) is 4.74 Å². The topological polar surface area (TPSA) is 89.2 Å². The molecule has 1 aliphatic rings. The van der Waals surface area contributed by atoms with Crippen molar-refractivity contribution in [3.05, 3.63) is 36.8 Å². The van der Waals surface area contributed by atoms with Gasteiger partial charge in [0.15, 0.2) is 11.6 Å². The number of imidazole rings is 1. The van der Waals surface area contributed by atoms with E-state index in [2.05, 4.69) is 25.2 Å². The van der Waals surface area contributed by atoms with Crippen LogP contribution in [0, 0.1) is 0 Å². The van der Waals surface area contributed by atoms with Crippen molar-refractivity contribution in [3.63, 3.8) is 0 Å². The average molecular weight is 400 g/mol. The van der Waals surface area contributed by atoms with E-state index >= 15 is 0 Å². The molecule has 4 aromatic rings. The number of aromatic nitrogens is 7. The van der Waals surface area contributed by atoms with Crippen molar-refractivity contribution in [2.75, 3.05) is 24.7 Å². The van der Waals surface area contributed by atoms with Crippen LogP contribution in [-0.4, -0.2) is 60.4 Å². The Balaban J connectivity index is 1.76. The van der Waals surface area contributed by atoms with Crippen molar-refractivity contribution in [1.29, 1.82) is 0 Å². The molecule has 0 aliphatic carbocycles. The maximum atomic E-state index is 13.5. The number of anilines is 1. The number of H-pyrrole nitrogens is 1. The van der Waals surface area contributed by atoms with Crippen LogP contribution in [0.15, 0.2) is 36.8 Å². The summed E-state index contributed by atoms with van der Waals surface area (Å²) in [5.41, 5.74) is 2.15. The Labute approximate surface area is 163 Å². The first-order chi connectivity index (χ1) is 14.1. The SMILES string of the molecule is CC1COCCN1c1cc(-c2ccnn2C(F)F)c2cnc(-c3ccn[nH]3)n2n1. The van der Waals surface area contributed by atoms with Gasteiger partial charge in [-0.3, -0.25) is 5.10 Å². The van der Waals surface area contributed by atoms with Gasteiger partial charge in [-0.1, -0.05) is 0 Å². The molecule has 0 amide bonds. The normalized spacial score (nSPS) is 17.5. The zero-order valence-electron chi connectivity index (χ0n) is 15.5. The largest absolute Gasteiger partial charge is 0.377 e. The summed E-state index contributed by atoms with van der Waals surface area (Å²) in [5, 5.41) is 15.4. The van der Waals surface area contributed by atoms with Gasteiger partial charge in [0.2, 0.25) is 0 Å². The molecule has 4 aromatic heterocycles. The van der Waals surface area contributed by atoms with Crippen LogP contribution < -0.4 is 4.90 Å². The Kier molecular flexibility index (Phi) is 4.23. The average Bonchev–Trinajstić information content (AvgIpc) is 3.46. The lowest BCUT2D eigenvalue weighted by molar-refractivity contribution is 0.0585. The molecule has 5 heterocycles. The Morgan fingerprint density at radius 2 is 2.17 bits per heavy atom. The molecule has 0 bridgehead atoms. The minimum Gasteiger partial charge on any atom is -0.377 e. The number of aromatic amines is 1. The summed E-state index contributed by atoms with van der Waals surface area (Å²) in [6.45, 7) is 1.08. The van der Waals surface area contributed by atoms with Gasteiger partial charge in [0, 0.05) is 24.5 Å². The molecule has 29 heavy (non-hydrogen) atoms. The van der Waals surface area contributed by atoms with Crippen LogP contribution in [0.25, 0.3) is 28.3 Å². The van der Waals surface area contributed by atoms with Crippen LogP contribution in [0.3, 0.4) is 0 Å². The Hall–Kier alpha value is -3.34. The summed E-state index contributed by atoms with van der Waals surface area (Å²) in [6.07, 6.45) is 4.60. The van der Waals surface area contributed by atoms with Gasteiger partial charge in [-0.05, 0) is 25.1 Å². The summed E-state index contributed by atoms with van der Waals surface area (Å²) < 4.78 is 34.9. The van der Waals surface area contributed by atoms with Crippen molar-refractivity contribution in [2.45, 2.75) is 19.5 Å². The molecule has 1 aliphatic heterocycles. The monoisotopic (exact) mass is 400 g/mol. The smallest absolute Gasteiger partial charge is 0.333 e. The second-order valence-corrected chi connectivity index (χ2v) is 6.82. The summed E-state index contributed by atoms with van der Waals surface area (Å²) in [4.78, 5) is 6.56. The summed E-state index contributed by atoms with van der Waals surface area (Å²) >= 11 is 0. The quantitative estimate of drug-likeness (QED) is 0.567. The lowest BCUT2D eigenvalue weighted by Gasteiger charge is -2.34. The van der Waals surface area contributed by atoms with E-state index in [0.717, 1.165) is 0 Å². The number of hydrogen-bond acceptors (Lipinski definition) is 6. The van der Waals surface area contributed by atoms with Crippen LogP contribution in [0.1, 0.15) is 13.5 Å². The number of morpholine rings is 1. The molecule has 0 spiro atoms. The molecule has 0 aromatic carbocycles. The van der Waals surface area contributed by atoms with E-state index in [1.54, 1.807) is 29.0 Å². The predicted molar refractivity (Wildman–Crippen MR) is 101 cm³/mol. The number of halogens is 2.